The van der Waals surface area contributed by atoms with E-state index in [4.69, 9.17) is 5.73 Å². The first-order valence-electron chi connectivity index (χ1n) is 4.95. The maximum absolute atomic E-state index is 5.55. The van der Waals surface area contributed by atoms with E-state index in [1.54, 1.807) is 17.5 Å². The summed E-state index contributed by atoms with van der Waals surface area (Å²) in [4.78, 5) is 11.9. The fourth-order valence-corrected chi connectivity index (χ4v) is 2.52. The van der Waals surface area contributed by atoms with Gasteiger partial charge in [0.15, 0.2) is 0 Å². The summed E-state index contributed by atoms with van der Waals surface area (Å²) in [5, 5.41) is 4.07. The summed E-state index contributed by atoms with van der Waals surface area (Å²) < 4.78 is 0. The summed E-state index contributed by atoms with van der Waals surface area (Å²) in [5.74, 6) is 0. The number of nitrogens with zero attached hydrogens (tertiary/aromatic N) is 2. The van der Waals surface area contributed by atoms with Gasteiger partial charge in [0, 0.05) is 35.3 Å². The molecule has 0 aliphatic carbocycles. The van der Waals surface area contributed by atoms with Crippen LogP contribution in [0.1, 0.15) is 5.69 Å². The minimum absolute atomic E-state index is 0.483. The van der Waals surface area contributed by atoms with Gasteiger partial charge in [-0.3, -0.25) is 0 Å². The van der Waals surface area contributed by atoms with E-state index in [-0.39, 0.29) is 0 Å². The van der Waals surface area contributed by atoms with Crippen LogP contribution < -0.4 is 5.73 Å². The highest BCUT2D eigenvalue weighted by molar-refractivity contribution is 7.13. The third-order valence-corrected chi connectivity index (χ3v) is 3.37. The van der Waals surface area contributed by atoms with Crippen LogP contribution in [0.5, 0.6) is 0 Å². The monoisotopic (exact) mass is 230 g/mol. The Kier molecular flexibility index (Phi) is 2.19. The molecule has 3 heterocycles. The lowest BCUT2D eigenvalue weighted by molar-refractivity contribution is 1.01. The molecule has 3 N–H and O–H groups in total. The van der Waals surface area contributed by atoms with Gasteiger partial charge in [-0.15, -0.1) is 11.3 Å². The molecule has 3 aromatic rings. The molecule has 0 saturated carbocycles. The van der Waals surface area contributed by atoms with Crippen LogP contribution in [0.3, 0.4) is 0 Å². The van der Waals surface area contributed by atoms with Crippen molar-refractivity contribution in [1.29, 1.82) is 0 Å². The summed E-state index contributed by atoms with van der Waals surface area (Å²) in [6, 6.07) is 3.97. The third-order valence-electron chi connectivity index (χ3n) is 2.44. The Morgan fingerprint density at radius 2 is 2.38 bits per heavy atom. The van der Waals surface area contributed by atoms with Gasteiger partial charge < -0.3 is 10.7 Å². The average Bonchev–Trinajstić information content (AvgIpc) is 2.94. The van der Waals surface area contributed by atoms with Gasteiger partial charge in [-0.2, -0.15) is 0 Å². The van der Waals surface area contributed by atoms with Gasteiger partial charge in [0.25, 0.3) is 0 Å². The van der Waals surface area contributed by atoms with Crippen molar-refractivity contribution in [2.75, 3.05) is 0 Å². The molecule has 3 aromatic heterocycles. The van der Waals surface area contributed by atoms with Crippen molar-refractivity contribution in [3.05, 3.63) is 35.6 Å². The summed E-state index contributed by atoms with van der Waals surface area (Å²) in [5.41, 5.74) is 8.46. The predicted molar refractivity (Wildman–Crippen MR) is 65.1 cm³/mol. The number of rotatable bonds is 2. The van der Waals surface area contributed by atoms with Gasteiger partial charge in [-0.05, 0) is 12.1 Å². The maximum atomic E-state index is 5.55. The third kappa shape index (κ3) is 1.41. The Morgan fingerprint density at radius 1 is 1.44 bits per heavy atom. The molecule has 0 fully saturated rings. The standard InChI is InChI=1S/C11H10N4S/c12-4-7-6-16-11(15-7)9-5-14-10-8(9)2-1-3-13-10/h1-3,5-6H,4,12H2,(H,13,14). The minimum Gasteiger partial charge on any atom is -0.345 e. The van der Waals surface area contributed by atoms with Crippen LogP contribution in [0.15, 0.2) is 29.9 Å². The molecule has 0 aliphatic rings. The van der Waals surface area contributed by atoms with E-state index < -0.39 is 0 Å². The van der Waals surface area contributed by atoms with E-state index in [0.717, 1.165) is 27.3 Å². The predicted octanol–water partition coefficient (Wildman–Crippen LogP) is 2.15. The first-order valence-corrected chi connectivity index (χ1v) is 5.83. The lowest BCUT2D eigenvalue weighted by Crippen LogP contribution is -1.95. The molecule has 4 nitrogen and oxygen atoms in total. The number of pyridine rings is 1. The molecular formula is C11H10N4S. The van der Waals surface area contributed by atoms with Crippen LogP contribution in [0.25, 0.3) is 21.6 Å². The van der Waals surface area contributed by atoms with Gasteiger partial charge >= 0.3 is 0 Å². The van der Waals surface area contributed by atoms with Gasteiger partial charge in [-0.25, -0.2) is 9.97 Å². The molecule has 80 valence electrons. The molecular weight excluding hydrogens is 220 g/mol. The van der Waals surface area contributed by atoms with E-state index in [0.29, 0.717) is 6.54 Å². The van der Waals surface area contributed by atoms with Crippen molar-refractivity contribution in [2.24, 2.45) is 5.73 Å². The molecule has 0 radical (unpaired) electrons. The molecule has 16 heavy (non-hydrogen) atoms. The van der Waals surface area contributed by atoms with Crippen molar-refractivity contribution < 1.29 is 0 Å². The van der Waals surface area contributed by atoms with Crippen molar-refractivity contribution in [3.8, 4) is 10.6 Å². The van der Waals surface area contributed by atoms with Crippen LogP contribution in [0, 0.1) is 0 Å². The average molecular weight is 230 g/mol. The molecule has 0 atom stereocenters. The van der Waals surface area contributed by atoms with Gasteiger partial charge in [0.1, 0.15) is 10.7 Å². The number of hydrogen-bond donors (Lipinski definition) is 2. The Labute approximate surface area is 96.2 Å². The molecule has 5 heteroatoms. The molecule has 0 bridgehead atoms. The number of nitrogens with two attached hydrogens (primary N) is 1. The fraction of sp³-hybridized carbons (Fsp3) is 0.0909. The maximum Gasteiger partial charge on any atom is 0.137 e. The lowest BCUT2D eigenvalue weighted by atomic mass is 10.2. The number of nitrogens with one attached hydrogen (secondary N) is 1. The van der Waals surface area contributed by atoms with Crippen molar-refractivity contribution in [3.63, 3.8) is 0 Å². The summed E-state index contributed by atoms with van der Waals surface area (Å²) in [6.07, 6.45) is 3.71. The smallest absolute Gasteiger partial charge is 0.137 e. The van der Waals surface area contributed by atoms with Gasteiger partial charge in [-0.1, -0.05) is 0 Å². The summed E-state index contributed by atoms with van der Waals surface area (Å²) >= 11 is 1.61. The number of aromatic nitrogens is 3. The highest BCUT2D eigenvalue weighted by Crippen LogP contribution is 2.29. The summed E-state index contributed by atoms with van der Waals surface area (Å²) in [6.45, 7) is 0.483. The van der Waals surface area contributed by atoms with Gasteiger partial charge in [0.2, 0.25) is 0 Å². The Balaban J connectivity index is 2.18. The molecule has 3 rings (SSSR count). The molecule has 0 unspecified atom stereocenters. The molecule has 0 aliphatic heterocycles. The number of H-pyrrole nitrogens is 1. The van der Waals surface area contributed by atoms with Crippen LogP contribution in [-0.4, -0.2) is 15.0 Å². The molecule has 0 spiro atoms. The van der Waals surface area contributed by atoms with E-state index in [9.17, 15) is 0 Å². The molecule has 0 aromatic carbocycles. The second-order valence-corrected chi connectivity index (χ2v) is 4.31. The lowest BCUT2D eigenvalue weighted by Gasteiger charge is -1.92. The second kappa shape index (κ2) is 3.70. The van der Waals surface area contributed by atoms with Crippen LogP contribution in [0.4, 0.5) is 0 Å². The SMILES string of the molecule is NCc1csc(-c2c[nH]c3ncccc23)n1. The number of hydrogen-bond acceptors (Lipinski definition) is 4. The van der Waals surface area contributed by atoms with E-state index in [2.05, 4.69) is 15.0 Å². The van der Waals surface area contributed by atoms with E-state index in [1.165, 1.54) is 0 Å². The topological polar surface area (TPSA) is 67.6 Å². The minimum atomic E-state index is 0.483. The zero-order valence-electron chi connectivity index (χ0n) is 8.47. The second-order valence-electron chi connectivity index (χ2n) is 3.45. The quantitative estimate of drug-likeness (QED) is 0.708. The van der Waals surface area contributed by atoms with Crippen LogP contribution >= 0.6 is 11.3 Å². The number of fused-ring (bicyclic) bond motifs is 1. The number of aromatic amines is 1. The first-order chi connectivity index (χ1) is 7.88. The van der Waals surface area contributed by atoms with Crippen LogP contribution in [-0.2, 0) is 6.54 Å². The normalized spacial score (nSPS) is 11.1. The Bertz CT molecular complexity index is 625. The Hall–Kier alpha value is -1.72. The highest BCUT2D eigenvalue weighted by Gasteiger charge is 2.09. The number of thiazole rings is 1. The highest BCUT2D eigenvalue weighted by atomic mass is 32.1. The largest absolute Gasteiger partial charge is 0.345 e. The van der Waals surface area contributed by atoms with E-state index in [1.807, 2.05) is 23.7 Å². The van der Waals surface area contributed by atoms with Gasteiger partial charge in [0.05, 0.1) is 5.69 Å². The molecule has 0 amide bonds. The zero-order valence-corrected chi connectivity index (χ0v) is 9.29. The fourth-order valence-electron chi connectivity index (χ4n) is 1.66. The first kappa shape index (κ1) is 9.50. The van der Waals surface area contributed by atoms with Crippen molar-refractivity contribution in [2.45, 2.75) is 6.54 Å². The zero-order chi connectivity index (χ0) is 11.0. The van der Waals surface area contributed by atoms with Crippen LogP contribution in [0.2, 0.25) is 0 Å². The Morgan fingerprint density at radius 3 is 3.19 bits per heavy atom. The van der Waals surface area contributed by atoms with Crippen molar-refractivity contribution in [1.82, 2.24) is 15.0 Å². The molecule has 0 saturated heterocycles. The summed E-state index contributed by atoms with van der Waals surface area (Å²) in [7, 11) is 0. The van der Waals surface area contributed by atoms with Crippen molar-refractivity contribution >= 4 is 22.4 Å². The van der Waals surface area contributed by atoms with E-state index >= 15 is 0 Å².